The van der Waals surface area contributed by atoms with E-state index in [1.807, 2.05) is 0 Å². The molecule has 10 aromatic carbocycles. The number of hydrogen-bond acceptors (Lipinski definition) is 3. The summed E-state index contributed by atoms with van der Waals surface area (Å²) in [5, 5.41) is 4.59. The van der Waals surface area contributed by atoms with E-state index in [-0.39, 0.29) is 0 Å². The summed E-state index contributed by atoms with van der Waals surface area (Å²) in [6, 6.07) is 76.9. The van der Waals surface area contributed by atoms with Crippen molar-refractivity contribution in [3.8, 4) is 44.5 Å². The highest BCUT2D eigenvalue weighted by Crippen LogP contribution is 2.69. The number of nitrogens with zero attached hydrogens (tertiary/aromatic N) is 1. The second kappa shape index (κ2) is 16.4. The van der Waals surface area contributed by atoms with E-state index in [0.29, 0.717) is 23.7 Å². The van der Waals surface area contributed by atoms with Crippen molar-refractivity contribution in [3.05, 3.63) is 245 Å². The minimum absolute atomic E-state index is 0.459. The van der Waals surface area contributed by atoms with E-state index in [1.54, 1.807) is 33.4 Å². The van der Waals surface area contributed by atoms with Crippen molar-refractivity contribution < 1.29 is 8.83 Å². The van der Waals surface area contributed by atoms with E-state index >= 15 is 0 Å². The highest BCUT2D eigenvalue weighted by Gasteiger charge is 2.55. The van der Waals surface area contributed by atoms with Gasteiger partial charge in [0.25, 0.3) is 0 Å². The van der Waals surface area contributed by atoms with Gasteiger partial charge in [-0.3, -0.25) is 0 Å². The Balaban J connectivity index is 0.814. The van der Waals surface area contributed by atoms with Crippen molar-refractivity contribution in [1.82, 2.24) is 0 Å². The Bertz CT molecular complexity index is 4450. The largest absolute Gasteiger partial charge is 0.455 e. The molecule has 0 amide bonds. The molecule has 4 unspecified atom stereocenters. The zero-order valence-electron chi connectivity index (χ0n) is 46.0. The Kier molecular flexibility index (Phi) is 9.05. The Morgan fingerprint density at radius 1 is 0.317 bits per heavy atom. The van der Waals surface area contributed by atoms with Gasteiger partial charge in [-0.15, -0.1) is 0 Å². The first-order valence-electron chi connectivity index (χ1n) is 31.0. The second-order valence-electron chi connectivity index (χ2n) is 26.6. The summed E-state index contributed by atoms with van der Waals surface area (Å²) >= 11 is 0. The molecule has 394 valence electrons. The summed E-state index contributed by atoms with van der Waals surface area (Å²) in [5.74, 6) is 6.16. The van der Waals surface area contributed by atoms with Crippen LogP contribution in [0.1, 0.15) is 132 Å². The number of para-hydroxylation sites is 4. The van der Waals surface area contributed by atoms with Gasteiger partial charge in [-0.2, -0.15) is 0 Å². The van der Waals surface area contributed by atoms with Crippen molar-refractivity contribution in [2.75, 3.05) is 4.90 Å². The molecule has 12 aromatic rings. The first kappa shape index (κ1) is 45.2. The minimum atomic E-state index is -0.459. The van der Waals surface area contributed by atoms with Crippen LogP contribution in [0.25, 0.3) is 88.4 Å². The topological polar surface area (TPSA) is 29.5 Å². The van der Waals surface area contributed by atoms with Crippen LogP contribution in [-0.4, -0.2) is 0 Å². The molecule has 8 bridgehead atoms. The number of hydrogen-bond donors (Lipinski definition) is 0. The SMILES string of the molecule is c1ccc2c(c1)-c1c(N(c3ccc(-c4cccc5c4oc4ccccc45)cc3)c3ccc(-c4cccc5c4oc4ccccc45)cc3)cccc1C21c2cc3c(cc2-c2cc4c(cc21)C1CC2CC(CC4C2)C1)C1CC2CC(C1)CC3C2. The molecule has 0 radical (unpaired) electrons. The van der Waals surface area contributed by atoms with Gasteiger partial charge < -0.3 is 13.7 Å². The quantitative estimate of drug-likeness (QED) is 0.172. The Morgan fingerprint density at radius 2 is 0.720 bits per heavy atom. The van der Waals surface area contributed by atoms with Gasteiger partial charge in [0.05, 0.1) is 11.1 Å². The monoisotopic (exact) mass is 1060 g/mol. The molecule has 4 fully saturated rings. The molecule has 3 heteroatoms. The summed E-state index contributed by atoms with van der Waals surface area (Å²) in [5.41, 5.74) is 29.6. The second-order valence-corrected chi connectivity index (χ2v) is 26.6. The molecule has 82 heavy (non-hydrogen) atoms. The lowest BCUT2D eigenvalue weighted by Crippen LogP contribution is -2.27. The molecule has 4 atom stereocenters. The molecule has 3 nitrogen and oxygen atoms in total. The third-order valence-electron chi connectivity index (χ3n) is 22.5. The molecular formula is C79H61NO2. The molecule has 4 saturated carbocycles. The minimum Gasteiger partial charge on any atom is -0.455 e. The maximum atomic E-state index is 6.64. The van der Waals surface area contributed by atoms with Crippen LogP contribution in [0.15, 0.2) is 209 Å². The molecule has 0 aliphatic heterocycles. The molecule has 1 spiro atoms. The number of rotatable bonds is 5. The highest BCUT2D eigenvalue weighted by molar-refractivity contribution is 6.11. The third kappa shape index (κ3) is 6.06. The fourth-order valence-electron chi connectivity index (χ4n) is 19.6. The average Bonchev–Trinajstić information content (AvgIpc) is 1.68. The zero-order valence-corrected chi connectivity index (χ0v) is 46.0. The van der Waals surface area contributed by atoms with Gasteiger partial charge in [0, 0.05) is 49.6 Å². The van der Waals surface area contributed by atoms with Crippen LogP contribution >= 0.6 is 0 Å². The van der Waals surface area contributed by atoms with Crippen molar-refractivity contribution in [1.29, 1.82) is 0 Å². The van der Waals surface area contributed by atoms with E-state index in [9.17, 15) is 0 Å². The summed E-state index contributed by atoms with van der Waals surface area (Å²) < 4.78 is 13.3. The smallest absolute Gasteiger partial charge is 0.143 e. The third-order valence-corrected chi connectivity index (χ3v) is 22.5. The van der Waals surface area contributed by atoms with Crippen LogP contribution in [0.2, 0.25) is 0 Å². The fourth-order valence-corrected chi connectivity index (χ4v) is 19.6. The molecule has 10 aliphatic carbocycles. The van der Waals surface area contributed by atoms with Crippen LogP contribution in [0, 0.1) is 23.7 Å². The highest BCUT2D eigenvalue weighted by atomic mass is 16.3. The predicted octanol–water partition coefficient (Wildman–Crippen LogP) is 21.4. The van der Waals surface area contributed by atoms with Gasteiger partial charge >= 0.3 is 0 Å². The number of benzene rings is 10. The number of furan rings is 2. The van der Waals surface area contributed by atoms with E-state index < -0.39 is 5.41 Å². The van der Waals surface area contributed by atoms with E-state index in [0.717, 1.165) is 101 Å². The average molecular weight is 1060 g/mol. The maximum absolute atomic E-state index is 6.64. The molecule has 2 heterocycles. The number of anilines is 3. The van der Waals surface area contributed by atoms with Crippen LogP contribution < -0.4 is 4.90 Å². The number of fused-ring (bicyclic) bond motifs is 16. The lowest BCUT2D eigenvalue weighted by Gasteiger charge is -2.38. The Labute approximate surface area is 478 Å². The van der Waals surface area contributed by atoms with E-state index in [1.165, 1.54) is 103 Å². The molecular weight excluding hydrogens is 995 g/mol. The summed E-state index contributed by atoms with van der Waals surface area (Å²) in [7, 11) is 0. The summed E-state index contributed by atoms with van der Waals surface area (Å²) in [4.78, 5) is 2.56. The molecule has 22 rings (SSSR count). The van der Waals surface area contributed by atoms with Crippen molar-refractivity contribution in [2.24, 2.45) is 23.7 Å². The molecule has 0 saturated heterocycles. The van der Waals surface area contributed by atoms with Crippen molar-refractivity contribution >= 4 is 60.9 Å². The van der Waals surface area contributed by atoms with Gasteiger partial charge in [0.1, 0.15) is 22.3 Å². The van der Waals surface area contributed by atoms with Crippen LogP contribution in [-0.2, 0) is 5.41 Å². The lowest BCUT2D eigenvalue weighted by molar-refractivity contribution is 0.165. The predicted molar refractivity (Wildman–Crippen MR) is 334 cm³/mol. The van der Waals surface area contributed by atoms with E-state index in [4.69, 9.17) is 8.83 Å². The van der Waals surface area contributed by atoms with E-state index in [2.05, 4.69) is 205 Å². The standard InChI is InChI=1S/C79H61NO2/c1-4-17-69-62(12-1)76-70(79(69)71-42-65-52-36-44-30-45(37-52)33-50(32-44)63(65)40-67(71)68-41-64-51-34-46-31-47(35-51)39-53(38-46)66(64)43-72(68)79)18-9-19-73(76)80(54-26-22-48(23-27-54)56-13-7-15-60-58-10-2-5-20-74(58)81-77(56)60)55-28-24-49(25-29-55)57-14-8-16-61-59-11-3-6-21-75(59)82-78(57)61/h1-29,40-47,50-53H,30-39H2. The normalized spacial score (nSPS) is 25.4. The first-order valence-corrected chi connectivity index (χ1v) is 31.0. The Hall–Kier alpha value is -8.40. The summed E-state index contributed by atoms with van der Waals surface area (Å²) in [6.07, 6.45) is 13.9. The first-order chi connectivity index (χ1) is 40.6. The van der Waals surface area contributed by atoms with Crippen LogP contribution in [0.3, 0.4) is 0 Å². The maximum Gasteiger partial charge on any atom is 0.143 e. The van der Waals surface area contributed by atoms with Gasteiger partial charge in [-0.1, -0.05) is 158 Å². The van der Waals surface area contributed by atoms with Crippen molar-refractivity contribution in [2.45, 2.75) is 93.3 Å². The summed E-state index contributed by atoms with van der Waals surface area (Å²) in [6.45, 7) is 0. The molecule has 0 N–H and O–H groups in total. The molecule has 10 aliphatic rings. The van der Waals surface area contributed by atoms with Crippen LogP contribution in [0.5, 0.6) is 0 Å². The van der Waals surface area contributed by atoms with Gasteiger partial charge in [-0.25, -0.2) is 0 Å². The lowest BCUT2D eigenvalue weighted by atomic mass is 9.66. The van der Waals surface area contributed by atoms with Crippen molar-refractivity contribution in [3.63, 3.8) is 0 Å². The Morgan fingerprint density at radius 3 is 1.22 bits per heavy atom. The zero-order chi connectivity index (χ0) is 53.1. The fraction of sp³-hybridized carbons (Fsp3) is 0.241. The van der Waals surface area contributed by atoms with Gasteiger partial charge in [-0.05, 0) is 226 Å². The van der Waals surface area contributed by atoms with Gasteiger partial charge in [0.2, 0.25) is 0 Å². The molecule has 2 aromatic heterocycles. The van der Waals surface area contributed by atoms with Crippen LogP contribution in [0.4, 0.5) is 17.1 Å². The van der Waals surface area contributed by atoms with Gasteiger partial charge in [0.15, 0.2) is 0 Å².